The van der Waals surface area contributed by atoms with Crippen molar-refractivity contribution in [2.75, 3.05) is 106 Å². The van der Waals surface area contributed by atoms with Gasteiger partial charge in [-0.25, -0.2) is 9.97 Å². The second-order valence-corrected chi connectivity index (χ2v) is 27.8. The van der Waals surface area contributed by atoms with Crippen molar-refractivity contribution in [1.29, 1.82) is 0 Å². The summed E-state index contributed by atoms with van der Waals surface area (Å²) in [6.45, 7) is 13.1. The number of anilines is 1. The number of methoxy groups -OCH3 is 4. The number of nitrogens with one attached hydrogen (secondary N) is 2. The largest absolute Gasteiger partial charge is 1.00 e. The van der Waals surface area contributed by atoms with Gasteiger partial charge in [0.25, 0.3) is 0 Å². The number of rotatable bonds is 27. The first kappa shape index (κ1) is 86.4. The number of benzene rings is 3. The van der Waals surface area contributed by atoms with E-state index in [-0.39, 0.29) is 119 Å². The molecule has 3 aliphatic heterocycles. The Morgan fingerprint density at radius 1 is 0.716 bits per heavy atom. The molecule has 19 nitrogen and oxygen atoms in total. The summed E-state index contributed by atoms with van der Waals surface area (Å²) in [4.78, 5) is 55.9. The number of hydrogen-bond acceptors (Lipinski definition) is 18. The molecule has 3 fully saturated rings. The van der Waals surface area contributed by atoms with Gasteiger partial charge in [-0.05, 0) is 113 Å². The first-order valence-electron chi connectivity index (χ1n) is 32.1. The van der Waals surface area contributed by atoms with Crippen LogP contribution in [0.3, 0.4) is 0 Å². The average Bonchev–Trinajstić information content (AvgIpc) is 1.81. The van der Waals surface area contributed by atoms with Crippen LogP contribution >= 0.6 is 15.2 Å². The van der Waals surface area contributed by atoms with Crippen molar-refractivity contribution in [2.24, 2.45) is 11.8 Å². The smallest absolute Gasteiger partial charge is 0.810 e. The Kier molecular flexibility index (Phi) is 40.4. The summed E-state index contributed by atoms with van der Waals surface area (Å²) in [7, 11) is -1.97. The number of para-hydroxylation sites is 1. The maximum absolute atomic E-state index is 11.4. The molecule has 8 atom stereocenters. The number of aliphatic hydroxyl groups is 2. The molecule has 5 aromatic rings. The van der Waals surface area contributed by atoms with E-state index in [1.807, 2.05) is 110 Å². The fourth-order valence-electron chi connectivity index (χ4n) is 11.7. The van der Waals surface area contributed by atoms with E-state index in [0.29, 0.717) is 64.5 Å². The maximum atomic E-state index is 11.4. The van der Waals surface area contributed by atoms with Crippen LogP contribution in [0.25, 0.3) is 5.57 Å². The Morgan fingerprint density at radius 2 is 1.23 bits per heavy atom. The maximum Gasteiger partial charge on any atom is 1.00 e. The first-order chi connectivity index (χ1) is 44.2. The Hall–Kier alpha value is -2.80. The summed E-state index contributed by atoms with van der Waals surface area (Å²) in [5, 5.41) is 27.0. The minimum Gasteiger partial charge on any atom is -0.810 e. The molecule has 0 aliphatic carbocycles. The van der Waals surface area contributed by atoms with E-state index in [9.17, 15) is 34.0 Å². The van der Waals surface area contributed by atoms with E-state index < -0.39 is 38.2 Å². The van der Waals surface area contributed by atoms with Crippen molar-refractivity contribution in [3.63, 3.8) is 0 Å². The van der Waals surface area contributed by atoms with Crippen LogP contribution in [-0.2, 0) is 36.2 Å². The van der Waals surface area contributed by atoms with Crippen molar-refractivity contribution in [3.8, 4) is 35.3 Å². The molecule has 0 amide bonds. The Balaban J connectivity index is 0.000000368. The minimum absolute atomic E-state index is 0. The molecule has 0 bridgehead atoms. The van der Waals surface area contributed by atoms with Crippen LogP contribution in [0.4, 0.5) is 5.82 Å². The molecule has 8 rings (SSSR count). The second-order valence-electron chi connectivity index (χ2n) is 24.0. The van der Waals surface area contributed by atoms with Gasteiger partial charge < -0.3 is 83.0 Å². The van der Waals surface area contributed by atoms with Crippen molar-refractivity contribution in [2.45, 2.75) is 127 Å². The molecule has 3 saturated heterocycles. The standard InChI is InChI=1S/C28H37N3O3.C26H34N2O3.C17H29NO7P2.3Na/c1-4-8-23-14-16-29-20-28(23,32)15-13-22-11-12-27(31-18-25(33-2)26(19-31)34-3)30-24(22)17-21-9-6-5-7-10-21;1-3-8-23-14-16-27-20-26(23,29)15-13-22-11-12-25(31-18-7-17-30-2)28-24(22)19-21-9-5-4-6-10-21;1-14(15-8-4-5-9-16(15)25-3)11-13-18(2)12-7-6-10-17(26(19,20)21)27(22,23)24;;;/h5-7,9-12,23,25-26,29,32H,4,8,14,16-20H2,1-3H3;4-6,9-12,23,27,29H,3,7-8,14,16-20H2,1-2H3;4-5,8-9,11,17H,6-7,10,12-13H2,1-3H3,(H2,19,20,21)(H2,22,23,24);;;/q;;;3*+1/p-3/b;;14-11+;;;/t23?,25-,26-,28-;23?,26-;;;;/m11..../s1. The van der Waals surface area contributed by atoms with Crippen molar-refractivity contribution < 1.29 is 151 Å². The number of β-amino-alcohol motifs (C(OH)–C–C–N with tert-alkyl or cyclic N) is 2. The quantitative estimate of drug-likeness (QED) is 0.0175. The molecule has 2 aromatic heterocycles. The normalized spacial score (nSPS) is 21.0. The molecule has 3 aromatic carbocycles. The number of unbranched alkanes of at least 4 members (excludes halogenated alkanes) is 1. The molecule has 0 radical (unpaired) electrons. The van der Waals surface area contributed by atoms with Gasteiger partial charge in [0.1, 0.15) is 42.6 Å². The summed E-state index contributed by atoms with van der Waals surface area (Å²) in [5.74, 6) is 15.7. The topological polar surface area (TPSA) is 266 Å². The van der Waals surface area contributed by atoms with Gasteiger partial charge in [-0.3, -0.25) is 0 Å². The molecule has 5 N–H and O–H groups in total. The second kappa shape index (κ2) is 44.5. The van der Waals surface area contributed by atoms with Crippen LogP contribution in [0, 0.1) is 35.5 Å². The van der Waals surface area contributed by atoms with Crippen LogP contribution in [0.2, 0.25) is 0 Å². The van der Waals surface area contributed by atoms with Gasteiger partial charge in [-0.2, -0.15) is 0 Å². The van der Waals surface area contributed by atoms with Gasteiger partial charge in [-0.15, -0.1) is 0 Å². The van der Waals surface area contributed by atoms with E-state index in [4.69, 9.17) is 38.5 Å². The predicted octanol–water partition coefficient (Wildman–Crippen LogP) is -1.41. The summed E-state index contributed by atoms with van der Waals surface area (Å²) in [6.07, 6.45) is 10.5. The molecule has 5 heterocycles. The van der Waals surface area contributed by atoms with Gasteiger partial charge >= 0.3 is 88.7 Å². The van der Waals surface area contributed by atoms with Gasteiger partial charge in [-0.1, -0.05) is 149 Å². The molecule has 95 heavy (non-hydrogen) atoms. The van der Waals surface area contributed by atoms with E-state index in [1.165, 1.54) is 5.56 Å². The third-order valence-electron chi connectivity index (χ3n) is 17.0. The minimum atomic E-state index is -5.39. The van der Waals surface area contributed by atoms with Gasteiger partial charge in [0.05, 0.1) is 30.5 Å². The van der Waals surface area contributed by atoms with Crippen LogP contribution < -0.4 is 128 Å². The van der Waals surface area contributed by atoms with Gasteiger partial charge in [0, 0.05) is 115 Å². The molecule has 0 saturated carbocycles. The van der Waals surface area contributed by atoms with E-state index in [1.54, 1.807) is 28.4 Å². The molecule has 4 unspecified atom stereocenters. The van der Waals surface area contributed by atoms with Crippen LogP contribution in [-0.4, -0.2) is 160 Å². The molecule has 502 valence electrons. The number of likely N-dealkylation sites (N-methyl/N-ethyl adjacent to an activating group) is 1. The monoisotopic (exact) mass is 1370 g/mol. The summed E-state index contributed by atoms with van der Waals surface area (Å²) >= 11 is 0. The molecule has 0 spiro atoms. The number of hydrogen-bond donors (Lipinski definition) is 5. The first-order valence-corrected chi connectivity index (χ1v) is 35.4. The van der Waals surface area contributed by atoms with E-state index >= 15 is 0 Å². The van der Waals surface area contributed by atoms with Crippen molar-refractivity contribution in [1.82, 2.24) is 25.5 Å². The van der Waals surface area contributed by atoms with Crippen molar-refractivity contribution >= 4 is 26.6 Å². The van der Waals surface area contributed by atoms with E-state index in [2.05, 4.69) is 77.3 Å². The Labute approximate surface area is 631 Å². The van der Waals surface area contributed by atoms with E-state index in [0.717, 1.165) is 122 Å². The summed E-state index contributed by atoms with van der Waals surface area (Å²) < 4.78 is 49.5. The number of ether oxygens (including phenoxy) is 5. The summed E-state index contributed by atoms with van der Waals surface area (Å²) in [5.41, 5.74) is 5.86. The van der Waals surface area contributed by atoms with Crippen LogP contribution in [0.1, 0.15) is 124 Å². The SMILES string of the molecule is CCCC1CCNC[C@]1(O)C#Cc1ccc(N2C[C@@H](OC)[C@H](OC)C2)nc1Cc1ccccc1.CCCC1CCNC[C@]1(O)C#Cc1ccc(OCCCOC)nc1Cc1ccccc1.COc1ccccc1/C(C)=C/CN(C)CCCCC(P(=O)([O-])[O-])P(=O)([O-])O.[Na+].[Na+].[Na+]. The molecule has 3 aliphatic rings. The Morgan fingerprint density at radius 3 is 1.73 bits per heavy atom. The molecular weight excluding hydrogens is 1280 g/mol. The fraction of sp³-hybridized carbons (Fsp3) is 0.521. The van der Waals surface area contributed by atoms with Crippen molar-refractivity contribution in [3.05, 3.63) is 154 Å². The third-order valence-corrected chi connectivity index (χ3v) is 20.8. The zero-order valence-corrected chi connectivity index (χ0v) is 65.8. The zero-order chi connectivity index (χ0) is 66.6. The van der Waals surface area contributed by atoms with Crippen LogP contribution in [0.5, 0.6) is 11.6 Å². The molecule has 24 heteroatoms. The summed E-state index contributed by atoms with van der Waals surface area (Å²) in [6, 6.07) is 36.1. The predicted molar refractivity (Wildman–Crippen MR) is 357 cm³/mol. The zero-order valence-electron chi connectivity index (χ0n) is 58.0. The number of allylic oxidation sites excluding steroid dienone is 1. The number of piperidine rings is 2. The van der Waals surface area contributed by atoms with Gasteiger partial charge in [0.15, 0.2) is 0 Å². The number of aromatic nitrogens is 2. The molecular formula is C71H97N6Na3O13P2. The average molecular weight is 1370 g/mol. The number of nitrogens with zero attached hydrogens (tertiary/aromatic N) is 4. The van der Waals surface area contributed by atoms with Crippen LogP contribution in [0.15, 0.2) is 115 Å². The fourth-order valence-corrected chi connectivity index (χ4v) is 14.2. The third kappa shape index (κ3) is 28.3. The number of pyridine rings is 2. The van der Waals surface area contributed by atoms with Gasteiger partial charge in [0.2, 0.25) is 5.88 Å². The Bertz CT molecular complexity index is 3280.